The van der Waals surface area contributed by atoms with Crippen LogP contribution in [-0.2, 0) is 0 Å². The zero-order valence-electron chi connectivity index (χ0n) is 8.14. The number of nitrogens with two attached hydrogens (primary N) is 1. The Morgan fingerprint density at radius 2 is 2.14 bits per heavy atom. The number of oxime groups is 1. The van der Waals surface area contributed by atoms with Crippen LogP contribution in [0.3, 0.4) is 0 Å². The number of hydrogen-bond acceptors (Lipinski definition) is 6. The molecule has 0 saturated carbocycles. The van der Waals surface area contributed by atoms with E-state index in [1.165, 1.54) is 0 Å². The van der Waals surface area contributed by atoms with E-state index >= 15 is 0 Å². The summed E-state index contributed by atoms with van der Waals surface area (Å²) in [7, 11) is 0. The van der Waals surface area contributed by atoms with Crippen molar-refractivity contribution in [3.8, 4) is 0 Å². The van der Waals surface area contributed by atoms with Gasteiger partial charge in [0.1, 0.15) is 0 Å². The van der Waals surface area contributed by atoms with Gasteiger partial charge in [-0.25, -0.2) is 4.63 Å². The Labute approximate surface area is 81.1 Å². The minimum Gasteiger partial charge on any atom is -0.409 e. The van der Waals surface area contributed by atoms with Crippen molar-refractivity contribution in [1.29, 1.82) is 0 Å². The molecule has 0 atom stereocenters. The van der Waals surface area contributed by atoms with Crippen LogP contribution in [0.1, 0.15) is 19.5 Å². The lowest BCUT2D eigenvalue weighted by atomic mass is 10.3. The van der Waals surface area contributed by atoms with Gasteiger partial charge in [-0.3, -0.25) is 0 Å². The molecule has 0 spiro atoms. The van der Waals surface area contributed by atoms with E-state index < -0.39 is 0 Å². The number of hydrogen-bond donors (Lipinski definition) is 2. The van der Waals surface area contributed by atoms with Crippen molar-refractivity contribution in [2.75, 3.05) is 18.8 Å². The second-order valence-electron chi connectivity index (χ2n) is 2.59. The standard InChI is InChI=1S/C7H13N5O2/c1-3-12(4-2)7(9-13)5-6(8)11-14-10-5/h13H,3-4H2,1-2H3,(H2,8,11). The maximum absolute atomic E-state index is 8.84. The molecule has 7 nitrogen and oxygen atoms in total. The van der Waals surface area contributed by atoms with Gasteiger partial charge in [-0.1, -0.05) is 5.16 Å². The maximum atomic E-state index is 8.84. The monoisotopic (exact) mass is 199 g/mol. The molecule has 0 radical (unpaired) electrons. The van der Waals surface area contributed by atoms with Crippen LogP contribution in [0.2, 0.25) is 0 Å². The predicted octanol–water partition coefficient (Wildman–Crippen LogP) is 0.129. The SMILES string of the molecule is CCN(CC)C(=NO)c1nonc1N. The van der Waals surface area contributed by atoms with Crippen LogP contribution in [0.15, 0.2) is 9.78 Å². The molecule has 1 rings (SSSR count). The molecule has 0 aliphatic rings. The maximum Gasteiger partial charge on any atom is 0.201 e. The highest BCUT2D eigenvalue weighted by Gasteiger charge is 2.19. The van der Waals surface area contributed by atoms with E-state index in [1.807, 2.05) is 13.8 Å². The summed E-state index contributed by atoms with van der Waals surface area (Å²) >= 11 is 0. The summed E-state index contributed by atoms with van der Waals surface area (Å²) in [5.74, 6) is 0.387. The van der Waals surface area contributed by atoms with Crippen molar-refractivity contribution >= 4 is 11.7 Å². The molecular weight excluding hydrogens is 186 g/mol. The van der Waals surface area contributed by atoms with Crippen LogP contribution in [0.4, 0.5) is 5.82 Å². The van der Waals surface area contributed by atoms with Gasteiger partial charge in [-0.15, -0.1) is 0 Å². The van der Waals surface area contributed by atoms with E-state index in [9.17, 15) is 0 Å². The number of amidine groups is 1. The van der Waals surface area contributed by atoms with Gasteiger partial charge in [0.05, 0.1) is 0 Å². The van der Waals surface area contributed by atoms with Crippen LogP contribution in [-0.4, -0.2) is 39.3 Å². The molecule has 1 heterocycles. The molecule has 0 bridgehead atoms. The first-order valence-corrected chi connectivity index (χ1v) is 4.29. The Morgan fingerprint density at radius 3 is 2.50 bits per heavy atom. The number of rotatable bonds is 3. The van der Waals surface area contributed by atoms with E-state index in [4.69, 9.17) is 10.9 Å². The highest BCUT2D eigenvalue weighted by atomic mass is 16.6. The van der Waals surface area contributed by atoms with Crippen LogP contribution in [0.5, 0.6) is 0 Å². The summed E-state index contributed by atoms with van der Waals surface area (Å²) in [6.07, 6.45) is 0. The summed E-state index contributed by atoms with van der Waals surface area (Å²) < 4.78 is 4.42. The Bertz CT molecular complexity index is 318. The highest BCUT2D eigenvalue weighted by Crippen LogP contribution is 2.09. The fraction of sp³-hybridized carbons (Fsp3) is 0.571. The number of nitrogen functional groups attached to an aromatic ring is 1. The lowest BCUT2D eigenvalue weighted by molar-refractivity contribution is 0.295. The first-order chi connectivity index (χ1) is 6.74. The average Bonchev–Trinajstić information content (AvgIpc) is 2.61. The van der Waals surface area contributed by atoms with Crippen LogP contribution < -0.4 is 5.73 Å². The topological polar surface area (TPSA) is 101 Å². The molecule has 14 heavy (non-hydrogen) atoms. The molecule has 0 unspecified atom stereocenters. The molecule has 0 aliphatic heterocycles. The first kappa shape index (κ1) is 10.3. The van der Waals surface area contributed by atoms with Crippen molar-refractivity contribution in [2.45, 2.75) is 13.8 Å². The van der Waals surface area contributed by atoms with Crippen LogP contribution in [0.25, 0.3) is 0 Å². The van der Waals surface area contributed by atoms with Crippen molar-refractivity contribution in [1.82, 2.24) is 15.2 Å². The summed E-state index contributed by atoms with van der Waals surface area (Å²) in [6, 6.07) is 0. The minimum absolute atomic E-state index is 0.115. The molecule has 0 aliphatic carbocycles. The Hall–Kier alpha value is -1.79. The first-order valence-electron chi connectivity index (χ1n) is 4.29. The molecule has 1 aromatic rings. The second-order valence-corrected chi connectivity index (χ2v) is 2.59. The fourth-order valence-corrected chi connectivity index (χ4v) is 1.13. The normalized spacial score (nSPS) is 11.7. The molecule has 0 aromatic carbocycles. The Morgan fingerprint density at radius 1 is 1.50 bits per heavy atom. The Balaban J connectivity index is 2.99. The second kappa shape index (κ2) is 4.45. The lowest BCUT2D eigenvalue weighted by Gasteiger charge is -2.19. The van der Waals surface area contributed by atoms with Gasteiger partial charge < -0.3 is 15.8 Å². The number of aromatic nitrogens is 2. The van der Waals surface area contributed by atoms with Gasteiger partial charge in [0.25, 0.3) is 0 Å². The third-order valence-electron chi connectivity index (χ3n) is 1.88. The van der Waals surface area contributed by atoms with Gasteiger partial charge in [-0.2, -0.15) is 0 Å². The van der Waals surface area contributed by atoms with Crippen molar-refractivity contribution < 1.29 is 9.84 Å². The van der Waals surface area contributed by atoms with E-state index in [0.717, 1.165) is 0 Å². The third kappa shape index (κ3) is 1.76. The average molecular weight is 199 g/mol. The molecule has 1 aromatic heterocycles. The molecule has 0 fully saturated rings. The van der Waals surface area contributed by atoms with E-state index in [0.29, 0.717) is 13.1 Å². The highest BCUT2D eigenvalue weighted by molar-refractivity contribution is 5.99. The minimum atomic E-state index is 0.115. The lowest BCUT2D eigenvalue weighted by Crippen LogP contribution is -2.32. The van der Waals surface area contributed by atoms with Gasteiger partial charge >= 0.3 is 0 Å². The molecule has 3 N–H and O–H groups in total. The van der Waals surface area contributed by atoms with Crippen molar-refractivity contribution in [2.24, 2.45) is 5.16 Å². The Kier molecular flexibility index (Phi) is 3.27. The van der Waals surface area contributed by atoms with E-state index in [2.05, 4.69) is 20.1 Å². The molecule has 0 amide bonds. The van der Waals surface area contributed by atoms with Gasteiger partial charge in [-0.05, 0) is 24.2 Å². The largest absolute Gasteiger partial charge is 0.409 e. The van der Waals surface area contributed by atoms with Crippen LogP contribution >= 0.6 is 0 Å². The predicted molar refractivity (Wildman–Crippen MR) is 50.0 cm³/mol. The van der Waals surface area contributed by atoms with E-state index in [-0.39, 0.29) is 17.3 Å². The van der Waals surface area contributed by atoms with Gasteiger partial charge in [0.2, 0.25) is 5.84 Å². The molecular formula is C7H13N5O2. The molecule has 78 valence electrons. The number of nitrogens with zero attached hydrogens (tertiary/aromatic N) is 4. The molecule has 7 heteroatoms. The van der Waals surface area contributed by atoms with Gasteiger partial charge in [0.15, 0.2) is 11.5 Å². The number of anilines is 1. The third-order valence-corrected chi connectivity index (χ3v) is 1.88. The van der Waals surface area contributed by atoms with Crippen LogP contribution in [0, 0.1) is 0 Å². The smallest absolute Gasteiger partial charge is 0.201 e. The van der Waals surface area contributed by atoms with Gasteiger partial charge in [0, 0.05) is 13.1 Å². The van der Waals surface area contributed by atoms with E-state index in [1.54, 1.807) is 4.90 Å². The van der Waals surface area contributed by atoms with Crippen molar-refractivity contribution in [3.63, 3.8) is 0 Å². The fourth-order valence-electron chi connectivity index (χ4n) is 1.13. The van der Waals surface area contributed by atoms with Crippen molar-refractivity contribution in [3.05, 3.63) is 5.69 Å². The summed E-state index contributed by atoms with van der Waals surface area (Å²) in [5.41, 5.74) is 5.74. The summed E-state index contributed by atoms with van der Waals surface area (Å²) in [4.78, 5) is 1.79. The zero-order chi connectivity index (χ0) is 10.6. The summed E-state index contributed by atoms with van der Waals surface area (Å²) in [5, 5.41) is 18.9. The zero-order valence-corrected chi connectivity index (χ0v) is 8.14. The molecule has 0 saturated heterocycles. The summed E-state index contributed by atoms with van der Waals surface area (Å²) in [6.45, 7) is 5.22. The quantitative estimate of drug-likeness (QED) is 0.310.